The first kappa shape index (κ1) is 21.4. The maximum atomic E-state index is 11.8. The van der Waals surface area contributed by atoms with E-state index in [1.165, 1.54) is 0 Å². The summed E-state index contributed by atoms with van der Waals surface area (Å²) in [4.78, 5) is 4.19. The van der Waals surface area contributed by atoms with Crippen molar-refractivity contribution in [3.8, 4) is 22.4 Å². The van der Waals surface area contributed by atoms with Crippen LogP contribution in [0, 0.1) is 0 Å². The van der Waals surface area contributed by atoms with Gasteiger partial charge in [0, 0.05) is 35.9 Å². The Morgan fingerprint density at radius 2 is 1.76 bits per heavy atom. The van der Waals surface area contributed by atoms with Gasteiger partial charge in [0.15, 0.2) is 0 Å². The number of anilines is 1. The molecule has 1 aliphatic rings. The zero-order chi connectivity index (χ0) is 22.7. The van der Waals surface area contributed by atoms with Gasteiger partial charge in [-0.1, -0.05) is 42.5 Å². The Kier molecular flexibility index (Phi) is 5.96. The highest BCUT2D eigenvalue weighted by Crippen LogP contribution is 2.33. The number of pyridine rings is 1. The number of rotatable bonds is 6. The summed E-state index contributed by atoms with van der Waals surface area (Å²) < 4.78 is 25.6. The molecule has 1 aliphatic heterocycles. The summed E-state index contributed by atoms with van der Waals surface area (Å²) in [6.45, 7) is 0.648. The molecule has 0 saturated carbocycles. The molecule has 6 nitrogen and oxygen atoms in total. The molecule has 1 N–H and O–H groups in total. The van der Waals surface area contributed by atoms with Crippen molar-refractivity contribution in [3.05, 3.63) is 90.9 Å². The fraction of sp³-hybridized carbons (Fsp3) is 0.231. The Labute approximate surface area is 194 Å². The molecule has 1 saturated heterocycles. The lowest BCUT2D eigenvalue weighted by atomic mass is 9.99. The van der Waals surface area contributed by atoms with Gasteiger partial charge in [0.2, 0.25) is 0 Å². The number of hydrogen-bond acceptors (Lipinski definition) is 5. The Balaban J connectivity index is 1.47. The first-order valence-corrected chi connectivity index (χ1v) is 13.0. The minimum absolute atomic E-state index is 0.132. The third kappa shape index (κ3) is 5.14. The summed E-state index contributed by atoms with van der Waals surface area (Å²) in [5.41, 5.74) is 6.21. The average Bonchev–Trinajstić information content (AvgIpc) is 3.30. The fourth-order valence-corrected chi connectivity index (χ4v) is 5.71. The number of nitrogens with zero attached hydrogens (tertiary/aromatic N) is 3. The molecule has 2 aromatic heterocycles. The second-order valence-electron chi connectivity index (χ2n) is 8.46. The van der Waals surface area contributed by atoms with Crippen molar-refractivity contribution in [2.24, 2.45) is 0 Å². The van der Waals surface area contributed by atoms with Gasteiger partial charge in [-0.2, -0.15) is 5.10 Å². The molecule has 168 valence electrons. The molecule has 0 amide bonds. The number of benzene rings is 2. The molecule has 0 aliphatic carbocycles. The Bertz CT molecular complexity index is 1320. The van der Waals surface area contributed by atoms with Gasteiger partial charge < -0.3 is 5.32 Å². The highest BCUT2D eigenvalue weighted by Gasteiger charge is 2.24. The zero-order valence-corrected chi connectivity index (χ0v) is 19.1. The van der Waals surface area contributed by atoms with Crippen molar-refractivity contribution in [1.82, 2.24) is 14.8 Å². The summed E-state index contributed by atoms with van der Waals surface area (Å²) in [7, 11) is -2.90. The van der Waals surface area contributed by atoms with Crippen LogP contribution in [0.25, 0.3) is 22.4 Å². The van der Waals surface area contributed by atoms with E-state index in [9.17, 15) is 8.42 Å². The van der Waals surface area contributed by atoms with E-state index in [-0.39, 0.29) is 17.5 Å². The Morgan fingerprint density at radius 1 is 0.939 bits per heavy atom. The normalized spacial score (nSPS) is 15.9. The Morgan fingerprint density at radius 3 is 2.52 bits per heavy atom. The molecule has 0 atom stereocenters. The number of sulfone groups is 1. The van der Waals surface area contributed by atoms with Crippen LogP contribution in [0.5, 0.6) is 0 Å². The number of hydrogen-bond donors (Lipinski definition) is 1. The van der Waals surface area contributed by atoms with Crippen LogP contribution in [-0.4, -0.2) is 40.7 Å². The minimum atomic E-state index is -2.90. The molecule has 0 unspecified atom stereocenters. The van der Waals surface area contributed by atoms with Crippen molar-refractivity contribution < 1.29 is 8.42 Å². The van der Waals surface area contributed by atoms with Crippen molar-refractivity contribution >= 4 is 15.5 Å². The molecule has 1 fully saturated rings. The lowest BCUT2D eigenvalue weighted by Crippen LogP contribution is -2.32. The van der Waals surface area contributed by atoms with Gasteiger partial charge in [0.05, 0.1) is 23.7 Å². The van der Waals surface area contributed by atoms with Gasteiger partial charge in [-0.05, 0) is 53.8 Å². The maximum absolute atomic E-state index is 11.8. The molecular weight excluding hydrogens is 432 g/mol. The van der Waals surface area contributed by atoms with Crippen molar-refractivity contribution in [3.63, 3.8) is 0 Å². The first-order valence-electron chi connectivity index (χ1n) is 11.1. The van der Waals surface area contributed by atoms with Crippen LogP contribution in [0.1, 0.15) is 18.4 Å². The fourth-order valence-electron chi connectivity index (χ4n) is 4.22. The predicted octanol–water partition coefficient (Wildman–Crippen LogP) is 4.65. The SMILES string of the molecule is O=S1(=O)CCC(Nc2ccc(-c3ccccc3)cc2-c2ccn(Cc3cccnc3)n2)CC1. The smallest absolute Gasteiger partial charge is 0.150 e. The second-order valence-corrected chi connectivity index (χ2v) is 10.8. The lowest BCUT2D eigenvalue weighted by molar-refractivity contribution is 0.559. The summed E-state index contributed by atoms with van der Waals surface area (Å²) in [6.07, 6.45) is 6.84. The van der Waals surface area contributed by atoms with Crippen LogP contribution in [0.2, 0.25) is 0 Å². The molecule has 7 heteroatoms. The molecule has 0 radical (unpaired) electrons. The van der Waals surface area contributed by atoms with Crippen molar-refractivity contribution in [2.45, 2.75) is 25.4 Å². The van der Waals surface area contributed by atoms with Crippen LogP contribution in [-0.2, 0) is 16.4 Å². The van der Waals surface area contributed by atoms with Crippen LogP contribution in [0.15, 0.2) is 85.3 Å². The molecule has 4 aromatic rings. The first-order chi connectivity index (χ1) is 16.1. The third-order valence-electron chi connectivity index (χ3n) is 6.02. The summed E-state index contributed by atoms with van der Waals surface area (Å²) in [5.74, 6) is 0.476. The minimum Gasteiger partial charge on any atom is -0.382 e. The van der Waals surface area contributed by atoms with E-state index in [0.717, 1.165) is 33.6 Å². The molecular formula is C26H26N4O2S. The van der Waals surface area contributed by atoms with Gasteiger partial charge in [-0.3, -0.25) is 9.67 Å². The van der Waals surface area contributed by atoms with E-state index in [4.69, 9.17) is 5.10 Å². The van der Waals surface area contributed by atoms with E-state index in [0.29, 0.717) is 19.4 Å². The monoisotopic (exact) mass is 458 g/mol. The maximum Gasteiger partial charge on any atom is 0.150 e. The summed E-state index contributed by atoms with van der Waals surface area (Å²) >= 11 is 0. The van der Waals surface area contributed by atoms with Crippen LogP contribution < -0.4 is 5.32 Å². The summed E-state index contributed by atoms with van der Waals surface area (Å²) in [5, 5.41) is 8.44. The van der Waals surface area contributed by atoms with Gasteiger partial charge in [0.25, 0.3) is 0 Å². The molecule has 0 spiro atoms. The largest absolute Gasteiger partial charge is 0.382 e. The third-order valence-corrected chi connectivity index (χ3v) is 7.74. The molecule has 5 rings (SSSR count). The van der Waals surface area contributed by atoms with Gasteiger partial charge in [0.1, 0.15) is 9.84 Å². The Hall–Kier alpha value is -3.45. The van der Waals surface area contributed by atoms with Crippen LogP contribution in [0.3, 0.4) is 0 Å². The molecule has 3 heterocycles. The predicted molar refractivity (Wildman–Crippen MR) is 132 cm³/mol. The van der Waals surface area contributed by atoms with Crippen molar-refractivity contribution in [1.29, 1.82) is 0 Å². The van der Waals surface area contributed by atoms with Gasteiger partial charge in [-0.15, -0.1) is 0 Å². The number of aromatic nitrogens is 3. The van der Waals surface area contributed by atoms with Gasteiger partial charge in [-0.25, -0.2) is 8.42 Å². The van der Waals surface area contributed by atoms with E-state index in [1.54, 1.807) is 6.20 Å². The quantitative estimate of drug-likeness (QED) is 0.455. The second kappa shape index (κ2) is 9.19. The highest BCUT2D eigenvalue weighted by molar-refractivity contribution is 7.91. The average molecular weight is 459 g/mol. The van der Waals surface area contributed by atoms with E-state index >= 15 is 0 Å². The highest BCUT2D eigenvalue weighted by atomic mass is 32.2. The number of nitrogens with one attached hydrogen (secondary N) is 1. The molecule has 2 aromatic carbocycles. The molecule has 33 heavy (non-hydrogen) atoms. The standard InChI is InChI=1S/C26H26N4O2S/c31-33(32)15-11-23(12-16-33)28-25-9-8-22(21-6-2-1-3-7-21)17-24(25)26-10-14-30(29-26)19-20-5-4-13-27-18-20/h1-10,13-14,17-18,23,28H,11-12,15-16,19H2. The van der Waals surface area contributed by atoms with Gasteiger partial charge >= 0.3 is 0 Å². The zero-order valence-electron chi connectivity index (χ0n) is 18.3. The molecule has 0 bridgehead atoms. The van der Waals surface area contributed by atoms with E-state index in [1.807, 2.05) is 53.5 Å². The lowest BCUT2D eigenvalue weighted by Gasteiger charge is -2.25. The topological polar surface area (TPSA) is 76.9 Å². The van der Waals surface area contributed by atoms with Crippen LogP contribution in [0.4, 0.5) is 5.69 Å². The van der Waals surface area contributed by atoms with E-state index < -0.39 is 9.84 Å². The van der Waals surface area contributed by atoms with E-state index in [2.05, 4.69) is 40.6 Å². The van der Waals surface area contributed by atoms with Crippen LogP contribution >= 0.6 is 0 Å². The summed E-state index contributed by atoms with van der Waals surface area (Å²) in [6, 6.07) is 22.7. The van der Waals surface area contributed by atoms with Crippen molar-refractivity contribution in [2.75, 3.05) is 16.8 Å².